The minimum absolute atomic E-state index is 0.166. The molecule has 0 saturated carbocycles. The summed E-state index contributed by atoms with van der Waals surface area (Å²) in [6.45, 7) is 3.90. The van der Waals surface area contributed by atoms with E-state index in [2.05, 4.69) is 20.9 Å². The van der Waals surface area contributed by atoms with Crippen LogP contribution in [0, 0.1) is 5.92 Å². The van der Waals surface area contributed by atoms with Gasteiger partial charge in [0.05, 0.1) is 6.10 Å². The van der Waals surface area contributed by atoms with Crippen LogP contribution in [0.15, 0.2) is 16.7 Å². The Bertz CT molecular complexity index is 304. The van der Waals surface area contributed by atoms with Gasteiger partial charge in [-0.1, -0.05) is 31.5 Å². The van der Waals surface area contributed by atoms with Crippen molar-refractivity contribution in [3.63, 3.8) is 0 Å². The molecular weight excluding hydrogens is 253 g/mol. The molecule has 0 fully saturated rings. The van der Waals surface area contributed by atoms with Gasteiger partial charge in [-0.2, -0.15) is 0 Å². The van der Waals surface area contributed by atoms with Crippen molar-refractivity contribution in [2.24, 2.45) is 5.92 Å². The van der Waals surface area contributed by atoms with Crippen molar-refractivity contribution in [1.29, 1.82) is 0 Å². The largest absolute Gasteiger partial charge is 0.388 e. The first-order valence-electron chi connectivity index (χ1n) is 4.02. The first-order chi connectivity index (χ1) is 6.02. The Morgan fingerprint density at radius 2 is 2.08 bits per heavy atom. The molecule has 1 unspecified atom stereocenters. The second-order valence-electron chi connectivity index (χ2n) is 3.20. The van der Waals surface area contributed by atoms with Crippen molar-refractivity contribution in [3.8, 4) is 0 Å². The van der Waals surface area contributed by atoms with Crippen LogP contribution in [-0.4, -0.2) is 10.1 Å². The number of hydrogen-bond acceptors (Lipinski definition) is 2. The van der Waals surface area contributed by atoms with Gasteiger partial charge in [0, 0.05) is 5.56 Å². The quantitative estimate of drug-likeness (QED) is 0.832. The van der Waals surface area contributed by atoms with Crippen LogP contribution < -0.4 is 0 Å². The lowest BCUT2D eigenvalue weighted by molar-refractivity contribution is 0.126. The van der Waals surface area contributed by atoms with Gasteiger partial charge in [-0.15, -0.1) is 0 Å². The summed E-state index contributed by atoms with van der Waals surface area (Å²) in [5.41, 5.74) is 0.777. The van der Waals surface area contributed by atoms with Crippen molar-refractivity contribution < 1.29 is 5.11 Å². The Hall–Kier alpha value is -0.120. The van der Waals surface area contributed by atoms with Crippen LogP contribution in [0.3, 0.4) is 0 Å². The molecule has 1 heterocycles. The molecule has 2 nitrogen and oxygen atoms in total. The Morgan fingerprint density at radius 1 is 1.46 bits per heavy atom. The topological polar surface area (TPSA) is 33.1 Å². The van der Waals surface area contributed by atoms with Crippen molar-refractivity contribution in [2.45, 2.75) is 20.0 Å². The van der Waals surface area contributed by atoms with Crippen molar-refractivity contribution in [3.05, 3.63) is 27.5 Å². The summed E-state index contributed by atoms with van der Waals surface area (Å²) >= 11 is 8.94. The molecule has 1 aromatic heterocycles. The summed E-state index contributed by atoms with van der Waals surface area (Å²) in [7, 11) is 0. The molecule has 72 valence electrons. The van der Waals surface area contributed by atoms with Crippen molar-refractivity contribution in [2.75, 3.05) is 0 Å². The number of aliphatic hydroxyl groups excluding tert-OH is 1. The van der Waals surface area contributed by atoms with Gasteiger partial charge in [0.2, 0.25) is 0 Å². The maximum atomic E-state index is 9.76. The first-order valence-corrected chi connectivity index (χ1v) is 5.19. The molecule has 0 aliphatic rings. The van der Waals surface area contributed by atoms with E-state index in [1.54, 1.807) is 12.1 Å². The fraction of sp³-hybridized carbons (Fsp3) is 0.444. The van der Waals surface area contributed by atoms with Crippen LogP contribution in [0.1, 0.15) is 25.5 Å². The van der Waals surface area contributed by atoms with Gasteiger partial charge in [0.15, 0.2) is 0 Å². The number of nitrogens with zero attached hydrogens (tertiary/aromatic N) is 1. The summed E-state index contributed by atoms with van der Waals surface area (Å²) < 4.78 is 0.612. The van der Waals surface area contributed by atoms with E-state index in [9.17, 15) is 5.11 Å². The third-order valence-electron chi connectivity index (χ3n) is 1.79. The molecule has 0 radical (unpaired) electrons. The molecule has 0 spiro atoms. The molecule has 1 N–H and O–H groups in total. The van der Waals surface area contributed by atoms with Gasteiger partial charge in [0.1, 0.15) is 9.76 Å². The zero-order valence-corrected chi connectivity index (χ0v) is 9.80. The third-order valence-corrected chi connectivity index (χ3v) is 2.64. The first kappa shape index (κ1) is 11.0. The molecule has 0 aromatic carbocycles. The number of aromatic nitrogens is 1. The normalized spacial score (nSPS) is 13.4. The van der Waals surface area contributed by atoms with E-state index in [0.717, 1.165) is 5.56 Å². The molecule has 4 heteroatoms. The van der Waals surface area contributed by atoms with Crippen molar-refractivity contribution in [1.82, 2.24) is 4.98 Å². The Balaban J connectivity index is 3.01. The number of pyridine rings is 1. The Morgan fingerprint density at radius 3 is 2.54 bits per heavy atom. The van der Waals surface area contributed by atoms with E-state index in [-0.39, 0.29) is 5.92 Å². The summed E-state index contributed by atoms with van der Waals surface area (Å²) in [6, 6.07) is 3.46. The fourth-order valence-corrected chi connectivity index (χ4v) is 1.81. The highest BCUT2D eigenvalue weighted by atomic mass is 79.9. The maximum absolute atomic E-state index is 9.76. The van der Waals surface area contributed by atoms with E-state index >= 15 is 0 Å². The summed E-state index contributed by atoms with van der Waals surface area (Å²) in [6.07, 6.45) is -0.501. The SMILES string of the molecule is CC(C)C(O)c1ccc(Cl)nc1Br. The summed E-state index contributed by atoms with van der Waals surface area (Å²) in [5.74, 6) is 0.166. The third kappa shape index (κ3) is 2.66. The van der Waals surface area contributed by atoms with Gasteiger partial charge in [-0.25, -0.2) is 4.98 Å². The zero-order chi connectivity index (χ0) is 10.0. The lowest BCUT2D eigenvalue weighted by Gasteiger charge is -2.15. The Labute approximate surface area is 91.1 Å². The van der Waals surface area contributed by atoms with Gasteiger partial charge in [0.25, 0.3) is 0 Å². The molecule has 0 aliphatic carbocycles. The summed E-state index contributed by atoms with van der Waals surface area (Å²) in [5, 5.41) is 10.2. The minimum Gasteiger partial charge on any atom is -0.388 e. The van der Waals surface area contributed by atoms with E-state index in [1.165, 1.54) is 0 Å². The average Bonchev–Trinajstić information content (AvgIpc) is 2.03. The molecule has 13 heavy (non-hydrogen) atoms. The van der Waals surface area contributed by atoms with E-state index in [1.807, 2.05) is 13.8 Å². The smallest absolute Gasteiger partial charge is 0.130 e. The second kappa shape index (κ2) is 4.40. The van der Waals surface area contributed by atoms with Gasteiger partial charge in [-0.05, 0) is 27.9 Å². The fourth-order valence-electron chi connectivity index (χ4n) is 1.00. The minimum atomic E-state index is -0.501. The van der Waals surface area contributed by atoms with Crippen LogP contribution in [0.25, 0.3) is 0 Å². The number of aliphatic hydroxyl groups is 1. The van der Waals surface area contributed by atoms with E-state index in [4.69, 9.17) is 11.6 Å². The summed E-state index contributed by atoms with van der Waals surface area (Å²) in [4.78, 5) is 4.00. The monoisotopic (exact) mass is 263 g/mol. The van der Waals surface area contributed by atoms with Gasteiger partial charge in [-0.3, -0.25) is 0 Å². The molecule has 1 rings (SSSR count). The van der Waals surface area contributed by atoms with Crippen molar-refractivity contribution >= 4 is 27.5 Å². The molecule has 0 amide bonds. The lowest BCUT2D eigenvalue weighted by atomic mass is 10.0. The zero-order valence-electron chi connectivity index (χ0n) is 7.46. The lowest BCUT2D eigenvalue weighted by Crippen LogP contribution is -2.06. The number of hydrogen-bond donors (Lipinski definition) is 1. The molecular formula is C9H11BrClNO. The molecule has 0 bridgehead atoms. The predicted octanol–water partition coefficient (Wildman–Crippen LogP) is 3.19. The number of halogens is 2. The van der Waals surface area contributed by atoms with Gasteiger partial charge < -0.3 is 5.11 Å². The molecule has 1 aromatic rings. The van der Waals surface area contributed by atoms with Gasteiger partial charge >= 0.3 is 0 Å². The highest BCUT2D eigenvalue weighted by molar-refractivity contribution is 9.10. The Kier molecular flexibility index (Phi) is 3.71. The highest BCUT2D eigenvalue weighted by Gasteiger charge is 2.15. The standard InChI is InChI=1S/C9H11BrClNO/c1-5(2)8(13)6-3-4-7(11)12-9(6)10/h3-5,8,13H,1-2H3. The highest BCUT2D eigenvalue weighted by Crippen LogP contribution is 2.27. The van der Waals surface area contributed by atoms with E-state index in [0.29, 0.717) is 9.76 Å². The van der Waals surface area contributed by atoms with E-state index < -0.39 is 6.10 Å². The van der Waals surface area contributed by atoms with Crippen LogP contribution in [0.2, 0.25) is 5.15 Å². The average molecular weight is 265 g/mol. The maximum Gasteiger partial charge on any atom is 0.130 e. The predicted molar refractivity (Wildman–Crippen MR) is 56.7 cm³/mol. The molecule has 0 aliphatic heterocycles. The van der Waals surface area contributed by atoms with Crippen LogP contribution in [0.4, 0.5) is 0 Å². The van der Waals surface area contributed by atoms with Crippen LogP contribution >= 0.6 is 27.5 Å². The van der Waals surface area contributed by atoms with Crippen LogP contribution in [0.5, 0.6) is 0 Å². The molecule has 1 atom stereocenters. The second-order valence-corrected chi connectivity index (χ2v) is 4.34. The molecule has 0 saturated heterocycles. The van der Waals surface area contributed by atoms with Crippen LogP contribution in [-0.2, 0) is 0 Å². The number of rotatable bonds is 2.